The molecule has 0 saturated carbocycles. The average Bonchev–Trinajstić information content (AvgIpc) is 2.07. The highest BCUT2D eigenvalue weighted by Crippen LogP contribution is 2.16. The molecule has 1 aromatic carbocycles. The molecule has 1 aromatic rings. The number of nitrogens with one attached hydrogen (secondary N) is 1. The summed E-state index contributed by atoms with van der Waals surface area (Å²) in [5.74, 6) is 0. The van der Waals surface area contributed by atoms with Crippen LogP contribution in [0.4, 0.5) is 0 Å². The summed E-state index contributed by atoms with van der Waals surface area (Å²) >= 11 is 5.85. The van der Waals surface area contributed by atoms with Gasteiger partial charge in [0.1, 0.15) is 0 Å². The van der Waals surface area contributed by atoms with Gasteiger partial charge in [0.2, 0.25) is 0 Å². The van der Waals surface area contributed by atoms with E-state index in [-0.39, 0.29) is 0 Å². The molecule has 0 fully saturated rings. The van der Waals surface area contributed by atoms with Crippen LogP contribution in [-0.2, 0) is 0 Å². The van der Waals surface area contributed by atoms with Gasteiger partial charge in [-0.25, -0.2) is 0 Å². The Hall–Kier alpha value is -0.950. The topological polar surface area (TPSA) is 12.0 Å². The normalized spacial score (nSPS) is 11.4. The Kier molecular flexibility index (Phi) is 3.18. The van der Waals surface area contributed by atoms with Crippen molar-refractivity contribution in [2.24, 2.45) is 0 Å². The van der Waals surface area contributed by atoms with E-state index < -0.39 is 0 Å². The van der Waals surface area contributed by atoms with Crippen molar-refractivity contribution in [2.75, 3.05) is 7.05 Å². The van der Waals surface area contributed by atoms with Crippen molar-refractivity contribution in [2.45, 2.75) is 6.92 Å². The van der Waals surface area contributed by atoms with Crippen molar-refractivity contribution in [1.82, 2.24) is 5.32 Å². The molecule has 64 valence electrons. The van der Waals surface area contributed by atoms with Crippen LogP contribution in [0.2, 0.25) is 5.02 Å². The molecule has 0 atom stereocenters. The van der Waals surface area contributed by atoms with Gasteiger partial charge in [0, 0.05) is 17.8 Å². The lowest BCUT2D eigenvalue weighted by molar-refractivity contribution is 1.12. The molecule has 2 heteroatoms. The van der Waals surface area contributed by atoms with Gasteiger partial charge in [0.05, 0.1) is 0 Å². The number of rotatable bonds is 2. The van der Waals surface area contributed by atoms with Gasteiger partial charge in [-0.05, 0) is 24.6 Å². The van der Waals surface area contributed by atoms with Crippen LogP contribution in [0.5, 0.6) is 0 Å². The maximum atomic E-state index is 5.85. The summed E-state index contributed by atoms with van der Waals surface area (Å²) in [5, 5.41) is 3.86. The fourth-order valence-corrected chi connectivity index (χ4v) is 1.30. The Bertz CT molecular complexity index is 292. The van der Waals surface area contributed by atoms with Crippen LogP contribution in [0.15, 0.2) is 30.3 Å². The number of benzene rings is 1. The highest BCUT2D eigenvalue weighted by Gasteiger charge is 1.96. The number of hydrogen-bond donors (Lipinski definition) is 1. The third-order valence-electron chi connectivity index (χ3n) is 1.69. The van der Waals surface area contributed by atoms with Crippen molar-refractivity contribution in [3.8, 4) is 0 Å². The number of hydrogen-bond acceptors (Lipinski definition) is 1. The first kappa shape index (κ1) is 9.14. The molecule has 1 N–H and O–H groups in total. The fourth-order valence-electron chi connectivity index (χ4n) is 1.11. The van der Waals surface area contributed by atoms with Gasteiger partial charge in [-0.1, -0.05) is 29.8 Å². The molecule has 0 aliphatic rings. The Balaban J connectivity index is 3.02. The minimum Gasteiger partial charge on any atom is -0.388 e. The molecule has 0 spiro atoms. The molecule has 0 aliphatic heterocycles. The molecule has 1 nitrogen and oxygen atoms in total. The van der Waals surface area contributed by atoms with Crippen LogP contribution in [0.3, 0.4) is 0 Å². The van der Waals surface area contributed by atoms with E-state index in [0.29, 0.717) is 0 Å². The standard InChI is InChI=1S/C10H12ClN/c1-3-10(12-2)8-5-4-6-9(11)7-8/h3-7,12H,1-2H3/b10-3-. The van der Waals surface area contributed by atoms with Gasteiger partial charge in [-0.3, -0.25) is 0 Å². The fraction of sp³-hybridized carbons (Fsp3) is 0.200. The van der Waals surface area contributed by atoms with Crippen molar-refractivity contribution in [3.05, 3.63) is 40.9 Å². The Labute approximate surface area is 78.1 Å². The summed E-state index contributed by atoms with van der Waals surface area (Å²) in [6, 6.07) is 7.78. The molecular weight excluding hydrogens is 170 g/mol. The summed E-state index contributed by atoms with van der Waals surface area (Å²) in [5.41, 5.74) is 2.21. The van der Waals surface area contributed by atoms with E-state index in [9.17, 15) is 0 Å². The number of halogens is 1. The summed E-state index contributed by atoms with van der Waals surface area (Å²) in [4.78, 5) is 0. The zero-order valence-corrected chi connectivity index (χ0v) is 8.02. The smallest absolute Gasteiger partial charge is 0.0412 e. The van der Waals surface area contributed by atoms with Gasteiger partial charge in [0.15, 0.2) is 0 Å². The van der Waals surface area contributed by atoms with Gasteiger partial charge in [0.25, 0.3) is 0 Å². The molecule has 0 unspecified atom stereocenters. The van der Waals surface area contributed by atoms with E-state index in [1.165, 1.54) is 0 Å². The molecule has 0 aromatic heterocycles. The monoisotopic (exact) mass is 181 g/mol. The summed E-state index contributed by atoms with van der Waals surface area (Å²) in [7, 11) is 1.90. The van der Waals surface area contributed by atoms with E-state index in [2.05, 4.69) is 5.32 Å². The maximum absolute atomic E-state index is 5.85. The SMILES string of the molecule is C/C=C(\NC)c1cccc(Cl)c1. The average molecular weight is 182 g/mol. The van der Waals surface area contributed by atoms with Crippen molar-refractivity contribution < 1.29 is 0 Å². The quantitative estimate of drug-likeness (QED) is 0.740. The van der Waals surface area contributed by atoms with Crippen molar-refractivity contribution in [1.29, 1.82) is 0 Å². The van der Waals surface area contributed by atoms with Crippen LogP contribution in [0.25, 0.3) is 5.70 Å². The molecule has 0 heterocycles. The predicted octanol–water partition coefficient (Wildman–Crippen LogP) is 2.92. The van der Waals surface area contributed by atoms with Crippen LogP contribution in [0, 0.1) is 0 Å². The molecule has 0 amide bonds. The second kappa shape index (κ2) is 4.17. The third kappa shape index (κ3) is 2.02. The first-order valence-electron chi connectivity index (χ1n) is 3.88. The molecule has 0 aliphatic carbocycles. The maximum Gasteiger partial charge on any atom is 0.0412 e. The van der Waals surface area contributed by atoms with Crippen LogP contribution < -0.4 is 5.32 Å². The summed E-state index contributed by atoms with van der Waals surface area (Å²) < 4.78 is 0. The minimum atomic E-state index is 0.766. The molecule has 0 bridgehead atoms. The van der Waals surface area contributed by atoms with Gasteiger partial charge >= 0.3 is 0 Å². The molecule has 0 radical (unpaired) electrons. The van der Waals surface area contributed by atoms with Crippen LogP contribution in [-0.4, -0.2) is 7.05 Å². The largest absolute Gasteiger partial charge is 0.388 e. The molecule has 0 saturated heterocycles. The van der Waals surface area contributed by atoms with E-state index in [1.54, 1.807) is 0 Å². The number of allylic oxidation sites excluding steroid dienone is 1. The zero-order valence-electron chi connectivity index (χ0n) is 7.26. The van der Waals surface area contributed by atoms with E-state index in [4.69, 9.17) is 11.6 Å². The highest BCUT2D eigenvalue weighted by molar-refractivity contribution is 6.30. The zero-order chi connectivity index (χ0) is 8.97. The first-order valence-corrected chi connectivity index (χ1v) is 4.25. The Morgan fingerprint density at radius 3 is 2.75 bits per heavy atom. The van der Waals surface area contributed by atoms with Crippen LogP contribution >= 0.6 is 11.6 Å². The lowest BCUT2D eigenvalue weighted by Crippen LogP contribution is -2.03. The first-order chi connectivity index (χ1) is 5.77. The molecule has 12 heavy (non-hydrogen) atoms. The minimum absolute atomic E-state index is 0.766. The lowest BCUT2D eigenvalue weighted by atomic mass is 10.1. The third-order valence-corrected chi connectivity index (χ3v) is 1.93. The van der Waals surface area contributed by atoms with E-state index in [1.807, 2.05) is 44.3 Å². The lowest BCUT2D eigenvalue weighted by Gasteiger charge is -2.05. The molecule has 1 rings (SSSR count). The Morgan fingerprint density at radius 1 is 1.50 bits per heavy atom. The van der Waals surface area contributed by atoms with Crippen molar-refractivity contribution >= 4 is 17.3 Å². The van der Waals surface area contributed by atoms with Gasteiger partial charge < -0.3 is 5.32 Å². The second-order valence-corrected chi connectivity index (χ2v) is 2.90. The Morgan fingerprint density at radius 2 is 2.25 bits per heavy atom. The second-order valence-electron chi connectivity index (χ2n) is 2.46. The van der Waals surface area contributed by atoms with E-state index >= 15 is 0 Å². The predicted molar refractivity (Wildman–Crippen MR) is 54.2 cm³/mol. The summed E-state index contributed by atoms with van der Waals surface area (Å²) in [6.45, 7) is 1.99. The molecular formula is C10H12ClN. The summed E-state index contributed by atoms with van der Waals surface area (Å²) in [6.07, 6.45) is 2.02. The van der Waals surface area contributed by atoms with Crippen molar-refractivity contribution in [3.63, 3.8) is 0 Å². The van der Waals surface area contributed by atoms with Gasteiger partial charge in [-0.15, -0.1) is 0 Å². The highest BCUT2D eigenvalue weighted by atomic mass is 35.5. The van der Waals surface area contributed by atoms with E-state index in [0.717, 1.165) is 16.3 Å². The van der Waals surface area contributed by atoms with Crippen LogP contribution in [0.1, 0.15) is 12.5 Å². The van der Waals surface area contributed by atoms with Gasteiger partial charge in [-0.2, -0.15) is 0 Å².